The molecule has 0 rings (SSSR count). The van der Waals surface area contributed by atoms with Crippen molar-refractivity contribution in [3.8, 4) is 0 Å². The van der Waals surface area contributed by atoms with E-state index in [4.69, 9.17) is 35.4 Å². The monoisotopic (exact) mass is 724 g/mol. The van der Waals surface area contributed by atoms with E-state index in [-0.39, 0.29) is 6.23 Å². The van der Waals surface area contributed by atoms with E-state index >= 15 is 0 Å². The molecule has 0 atom stereocenters. The second kappa shape index (κ2) is 28.2. The molecule has 0 aromatic rings. The summed E-state index contributed by atoms with van der Waals surface area (Å²) in [4.78, 5) is 0. The molecule has 0 aliphatic carbocycles. The third-order valence-corrected chi connectivity index (χ3v) is 22.2. The molecule has 262 valence electrons. The summed E-state index contributed by atoms with van der Waals surface area (Å²) in [7, 11) is 2.60. The van der Waals surface area contributed by atoms with Crippen molar-refractivity contribution in [2.24, 2.45) is 0 Å². The molecule has 0 fully saturated rings. The summed E-state index contributed by atoms with van der Waals surface area (Å²) in [5.41, 5.74) is 0. The Bertz CT molecular complexity index is 575. The molecule has 0 aliphatic heterocycles. The van der Waals surface area contributed by atoms with Crippen molar-refractivity contribution in [1.29, 1.82) is 0 Å². The first-order valence-corrected chi connectivity index (χ1v) is 28.4. The largest absolute Gasteiger partial charge is 0.398 e. The molecule has 0 aliphatic rings. The Morgan fingerprint density at radius 1 is 0.465 bits per heavy atom. The Kier molecular flexibility index (Phi) is 30.4. The van der Waals surface area contributed by atoms with E-state index in [1.54, 1.807) is 28.4 Å². The van der Waals surface area contributed by atoms with E-state index in [2.05, 4.69) is 47.3 Å². The number of hydrogen-bond donors (Lipinski definition) is 1. The van der Waals surface area contributed by atoms with Crippen LogP contribution in [0.3, 0.4) is 0 Å². The van der Waals surface area contributed by atoms with Crippen LogP contribution in [0.4, 0.5) is 0 Å². The lowest BCUT2D eigenvalue weighted by Gasteiger charge is -2.26. The van der Waals surface area contributed by atoms with E-state index in [0.717, 1.165) is 76.3 Å². The number of aliphatic hydroxyl groups excluding tert-OH is 1. The normalized spacial score (nSPS) is 12.8. The molecule has 9 nitrogen and oxygen atoms in total. The fourth-order valence-corrected chi connectivity index (χ4v) is 15.4. The highest BCUT2D eigenvalue weighted by Gasteiger charge is 2.34. The fraction of sp³-hybridized carbons (Fsp3) is 1.00. The second-order valence-electron chi connectivity index (χ2n) is 10.8. The predicted molar refractivity (Wildman–Crippen MR) is 194 cm³/mol. The molecule has 43 heavy (non-hydrogen) atoms. The van der Waals surface area contributed by atoms with Gasteiger partial charge in [-0.15, -0.1) is 0 Å². The Balaban J connectivity index is 0. The molecule has 0 heterocycles. The Labute approximate surface area is 277 Å². The molecule has 15 heteroatoms. The van der Waals surface area contributed by atoms with Crippen molar-refractivity contribution >= 4 is 55.8 Å². The molecule has 0 amide bonds. The maximum Gasteiger partial charge on any atom is 0.363 e. The molecule has 0 unspecified atom stereocenters. The lowest BCUT2D eigenvalue weighted by molar-refractivity contribution is 0.188. The Hall–Kier alpha value is 1.21. The highest BCUT2D eigenvalue weighted by molar-refractivity contribution is 8.76. The van der Waals surface area contributed by atoms with Gasteiger partial charge < -0.3 is 40.5 Å². The van der Waals surface area contributed by atoms with Crippen molar-refractivity contribution in [2.75, 3.05) is 72.6 Å². The van der Waals surface area contributed by atoms with Gasteiger partial charge in [0.05, 0.1) is 6.23 Å². The molecule has 1 N–H and O–H groups in total. The molecule has 0 saturated heterocycles. The van der Waals surface area contributed by atoms with Gasteiger partial charge in [-0.1, -0.05) is 47.3 Å². The van der Waals surface area contributed by atoms with Crippen molar-refractivity contribution in [2.45, 2.75) is 110 Å². The molecule has 0 saturated carbocycles. The Morgan fingerprint density at radius 2 is 0.814 bits per heavy atom. The molecule has 0 aromatic carbocycles. The van der Waals surface area contributed by atoms with Gasteiger partial charge in [0, 0.05) is 66.4 Å². The van der Waals surface area contributed by atoms with Gasteiger partial charge in [0.25, 0.3) is 0 Å². The van der Waals surface area contributed by atoms with Gasteiger partial charge in [0.1, 0.15) is 0 Å². The molecular formula is C28H68O9S2Si4. The van der Waals surface area contributed by atoms with Crippen molar-refractivity contribution < 1.29 is 40.5 Å². The van der Waals surface area contributed by atoms with Crippen LogP contribution in [0.25, 0.3) is 0 Å². The van der Waals surface area contributed by atoms with Crippen LogP contribution >= 0.6 is 21.6 Å². The first-order valence-electron chi connectivity index (χ1n) is 16.1. The zero-order valence-electron chi connectivity index (χ0n) is 29.6. The number of hydrogen-bond acceptors (Lipinski definition) is 11. The van der Waals surface area contributed by atoms with Crippen molar-refractivity contribution in [3.63, 3.8) is 0 Å². The summed E-state index contributed by atoms with van der Waals surface area (Å²) in [5.74, 6) is 2.33. The van der Waals surface area contributed by atoms with Crippen LogP contribution in [-0.2, 0) is 35.4 Å². The first-order chi connectivity index (χ1) is 20.5. The SMILES string of the molecule is CCO[Si](C)(CCCSSCCC[Si](C)(OCC)OCC)OCC.CO[Si](C)(CCCCCC[Si](CO)(OC)OC)OC. The van der Waals surface area contributed by atoms with Crippen LogP contribution in [0.15, 0.2) is 0 Å². The smallest absolute Gasteiger partial charge is 0.363 e. The topological polar surface area (TPSA) is 94.1 Å². The summed E-state index contributed by atoms with van der Waals surface area (Å²) in [5, 5.41) is 9.33. The fourth-order valence-electron chi connectivity index (χ4n) is 4.59. The highest BCUT2D eigenvalue weighted by atomic mass is 33.1. The molecule has 0 spiro atoms. The van der Waals surface area contributed by atoms with Crippen LogP contribution in [0, 0.1) is 0 Å². The number of rotatable bonds is 29. The van der Waals surface area contributed by atoms with Gasteiger partial charge in [-0.3, -0.25) is 0 Å². The van der Waals surface area contributed by atoms with Crippen molar-refractivity contribution in [3.05, 3.63) is 0 Å². The zero-order chi connectivity index (χ0) is 33.1. The van der Waals surface area contributed by atoms with Crippen LogP contribution in [0.2, 0.25) is 43.8 Å². The van der Waals surface area contributed by atoms with Gasteiger partial charge >= 0.3 is 34.2 Å². The minimum atomic E-state index is -2.31. The van der Waals surface area contributed by atoms with E-state index < -0.39 is 34.2 Å². The molecule has 0 aromatic heterocycles. The Morgan fingerprint density at radius 3 is 1.12 bits per heavy atom. The van der Waals surface area contributed by atoms with Crippen LogP contribution in [-0.4, -0.2) is 112 Å². The van der Waals surface area contributed by atoms with Gasteiger partial charge in [-0.05, 0) is 84.4 Å². The quantitative estimate of drug-likeness (QED) is 0.0469. The third-order valence-electron chi connectivity index (χ3n) is 7.39. The maximum atomic E-state index is 9.33. The summed E-state index contributed by atoms with van der Waals surface area (Å²) in [6.45, 7) is 17.7. The van der Waals surface area contributed by atoms with E-state index in [0.29, 0.717) is 0 Å². The van der Waals surface area contributed by atoms with E-state index in [1.807, 2.05) is 21.6 Å². The van der Waals surface area contributed by atoms with E-state index in [9.17, 15) is 5.11 Å². The summed E-state index contributed by atoms with van der Waals surface area (Å²) in [6, 6.07) is 4.04. The van der Waals surface area contributed by atoms with Crippen molar-refractivity contribution in [1.82, 2.24) is 0 Å². The van der Waals surface area contributed by atoms with E-state index in [1.165, 1.54) is 24.3 Å². The molecule has 0 bridgehead atoms. The van der Waals surface area contributed by atoms with Crippen LogP contribution < -0.4 is 0 Å². The summed E-state index contributed by atoms with van der Waals surface area (Å²) >= 11 is 0. The lowest BCUT2D eigenvalue weighted by Crippen LogP contribution is -2.44. The van der Waals surface area contributed by atoms with Crippen LogP contribution in [0.1, 0.15) is 66.2 Å². The van der Waals surface area contributed by atoms with Gasteiger partial charge in [-0.25, -0.2) is 0 Å². The van der Waals surface area contributed by atoms with Gasteiger partial charge in [0.15, 0.2) is 0 Å². The summed E-state index contributed by atoms with van der Waals surface area (Å²) in [6.07, 6.45) is 6.80. The van der Waals surface area contributed by atoms with Crippen LogP contribution in [0.5, 0.6) is 0 Å². The molecular weight excluding hydrogens is 657 g/mol. The second-order valence-corrected chi connectivity index (χ2v) is 27.2. The third kappa shape index (κ3) is 23.2. The number of aliphatic hydroxyl groups is 1. The number of unbranched alkanes of at least 4 members (excludes halogenated alkanes) is 3. The van der Waals surface area contributed by atoms with Gasteiger partial charge in [-0.2, -0.15) is 0 Å². The highest BCUT2D eigenvalue weighted by Crippen LogP contribution is 2.28. The predicted octanol–water partition coefficient (Wildman–Crippen LogP) is 7.62. The average molecular weight is 725 g/mol. The van der Waals surface area contributed by atoms with Gasteiger partial charge in [0.2, 0.25) is 0 Å². The summed E-state index contributed by atoms with van der Waals surface area (Å²) < 4.78 is 45.1. The lowest BCUT2D eigenvalue weighted by atomic mass is 10.2. The average Bonchev–Trinajstić information content (AvgIpc) is 2.99. The standard InChI is InChI=1S/C16H38O4S2Si2.C12H30O5Si2/c1-7-17-23(5,18-8-2)15-11-13-21-22-14-12-16-24(6,19-9-3)20-10-4;1-14-18(5,15-2)10-8-6-7-9-11-19(12-13,16-3)17-4/h7-16H2,1-6H3;13H,6-12H2,1-5H3. The minimum absolute atomic E-state index is 0.0261. The zero-order valence-corrected chi connectivity index (χ0v) is 35.2. The molecule has 0 radical (unpaired) electrons. The first kappa shape index (κ1) is 46.3. The maximum absolute atomic E-state index is 9.33. The minimum Gasteiger partial charge on any atom is -0.398 e.